The minimum absolute atomic E-state index is 0.0821. The average molecular weight is 351 g/mol. The molecule has 130 valence electrons. The Bertz CT molecular complexity index is 816. The molecule has 7 nitrogen and oxygen atoms in total. The molecule has 0 amide bonds. The molecule has 1 atom stereocenters. The Morgan fingerprint density at radius 1 is 1.42 bits per heavy atom. The van der Waals surface area contributed by atoms with Crippen molar-refractivity contribution in [2.75, 3.05) is 20.3 Å². The molecule has 0 spiro atoms. The molecule has 1 aromatic heterocycles. The van der Waals surface area contributed by atoms with E-state index < -0.39 is 10.0 Å². The van der Waals surface area contributed by atoms with Crippen molar-refractivity contribution in [3.05, 3.63) is 36.0 Å². The first-order chi connectivity index (χ1) is 11.5. The topological polar surface area (TPSA) is 82.5 Å². The third-order valence-electron chi connectivity index (χ3n) is 4.07. The largest absolute Gasteiger partial charge is 0.497 e. The van der Waals surface area contributed by atoms with Crippen LogP contribution in [-0.4, -0.2) is 38.5 Å². The van der Waals surface area contributed by atoms with Crippen LogP contribution in [0.25, 0.3) is 0 Å². The Kier molecular flexibility index (Phi) is 4.77. The van der Waals surface area contributed by atoms with Gasteiger partial charge in [0.15, 0.2) is 5.03 Å². The van der Waals surface area contributed by atoms with Gasteiger partial charge in [0.25, 0.3) is 10.0 Å². The molecule has 2 aromatic rings. The van der Waals surface area contributed by atoms with Gasteiger partial charge >= 0.3 is 0 Å². The zero-order valence-electron chi connectivity index (χ0n) is 13.7. The number of hydrogen-bond acceptors (Lipinski definition) is 5. The summed E-state index contributed by atoms with van der Waals surface area (Å²) in [5.74, 6) is 1.64. The lowest BCUT2D eigenvalue weighted by molar-refractivity contribution is 0.222. The van der Waals surface area contributed by atoms with E-state index in [0.717, 1.165) is 23.5 Å². The van der Waals surface area contributed by atoms with E-state index in [1.165, 1.54) is 16.9 Å². The molecule has 2 heterocycles. The number of ether oxygens (including phenoxy) is 2. The predicted octanol–water partition coefficient (Wildman–Crippen LogP) is 1.44. The fourth-order valence-electron chi connectivity index (χ4n) is 2.76. The van der Waals surface area contributed by atoms with Gasteiger partial charge in [-0.15, -0.1) is 0 Å². The molecule has 8 heteroatoms. The molecule has 0 saturated carbocycles. The highest BCUT2D eigenvalue weighted by molar-refractivity contribution is 7.89. The number of rotatable bonds is 6. The monoisotopic (exact) mass is 351 g/mol. The highest BCUT2D eigenvalue weighted by atomic mass is 32.2. The number of sulfonamides is 1. The molecule has 1 aliphatic rings. The summed E-state index contributed by atoms with van der Waals surface area (Å²) in [4.78, 5) is 0. The Labute approximate surface area is 141 Å². The maximum Gasteiger partial charge on any atom is 0.257 e. The summed E-state index contributed by atoms with van der Waals surface area (Å²) in [6.45, 7) is 3.15. The van der Waals surface area contributed by atoms with Crippen LogP contribution in [0.4, 0.5) is 0 Å². The fraction of sp³-hybridized carbons (Fsp3) is 0.438. The van der Waals surface area contributed by atoms with Gasteiger partial charge in [-0.3, -0.25) is 4.68 Å². The third-order valence-corrected chi connectivity index (χ3v) is 5.52. The highest BCUT2D eigenvalue weighted by Crippen LogP contribution is 2.30. The third kappa shape index (κ3) is 3.39. The van der Waals surface area contributed by atoms with Crippen LogP contribution in [0.15, 0.2) is 35.5 Å². The fourth-order valence-corrected chi connectivity index (χ4v) is 4.06. The van der Waals surface area contributed by atoms with Gasteiger partial charge < -0.3 is 9.47 Å². The number of fused-ring (bicyclic) bond motifs is 1. The van der Waals surface area contributed by atoms with Gasteiger partial charge in [0.05, 0.1) is 19.9 Å². The van der Waals surface area contributed by atoms with Crippen LogP contribution in [0.3, 0.4) is 0 Å². The quantitative estimate of drug-likeness (QED) is 0.852. The van der Waals surface area contributed by atoms with Crippen molar-refractivity contribution in [1.29, 1.82) is 0 Å². The molecule has 0 fully saturated rings. The molecule has 1 N–H and O–H groups in total. The Morgan fingerprint density at radius 2 is 2.25 bits per heavy atom. The summed E-state index contributed by atoms with van der Waals surface area (Å²) in [5, 5.41) is 4.19. The Morgan fingerprint density at radius 3 is 3.00 bits per heavy atom. The molecular weight excluding hydrogens is 330 g/mol. The first-order valence-corrected chi connectivity index (χ1v) is 9.33. The summed E-state index contributed by atoms with van der Waals surface area (Å²) < 4.78 is 39.9. The number of methoxy groups -OCH3 is 1. The summed E-state index contributed by atoms with van der Waals surface area (Å²) in [6.07, 6.45) is 2.25. The van der Waals surface area contributed by atoms with E-state index in [0.29, 0.717) is 19.7 Å². The zero-order valence-corrected chi connectivity index (χ0v) is 14.5. The molecule has 0 unspecified atom stereocenters. The van der Waals surface area contributed by atoms with Crippen molar-refractivity contribution in [1.82, 2.24) is 14.5 Å². The van der Waals surface area contributed by atoms with Crippen LogP contribution in [0, 0.1) is 5.92 Å². The van der Waals surface area contributed by atoms with Crippen molar-refractivity contribution in [2.24, 2.45) is 5.92 Å². The molecular formula is C16H21N3O4S. The standard InChI is InChI=1S/C16H21N3O4S/c1-3-19-16(6-7-17-19)24(20,21)18-10-12-8-13-4-5-14(22-2)9-15(13)23-11-12/h4-7,9,12,18H,3,8,10-11H2,1-2H3/t12-/m0/s1. The van der Waals surface area contributed by atoms with Gasteiger partial charge in [-0.05, 0) is 31.0 Å². The van der Waals surface area contributed by atoms with Crippen LogP contribution in [0.2, 0.25) is 0 Å². The van der Waals surface area contributed by atoms with Crippen LogP contribution in [0.5, 0.6) is 11.5 Å². The second kappa shape index (κ2) is 6.82. The lowest BCUT2D eigenvalue weighted by Crippen LogP contribution is -2.35. The lowest BCUT2D eigenvalue weighted by Gasteiger charge is -2.25. The SMILES string of the molecule is CCn1nccc1S(=O)(=O)NC[C@H]1COc2cc(OC)ccc2C1. The normalized spacial score (nSPS) is 17.2. The second-order valence-electron chi connectivity index (χ2n) is 5.69. The number of aromatic nitrogens is 2. The van der Waals surface area contributed by atoms with Crippen LogP contribution in [0.1, 0.15) is 12.5 Å². The van der Waals surface area contributed by atoms with Gasteiger partial charge in [0, 0.05) is 25.1 Å². The summed E-state index contributed by atoms with van der Waals surface area (Å²) in [6, 6.07) is 7.20. The average Bonchev–Trinajstić information content (AvgIpc) is 3.09. The van der Waals surface area contributed by atoms with Crippen molar-refractivity contribution >= 4 is 10.0 Å². The van der Waals surface area contributed by atoms with Crippen molar-refractivity contribution in [2.45, 2.75) is 24.9 Å². The number of benzene rings is 1. The van der Waals surface area contributed by atoms with Gasteiger partial charge in [-0.25, -0.2) is 13.1 Å². The first kappa shape index (κ1) is 16.8. The molecule has 1 aliphatic heterocycles. The Balaban J connectivity index is 1.65. The minimum Gasteiger partial charge on any atom is -0.497 e. The van der Waals surface area contributed by atoms with E-state index in [-0.39, 0.29) is 10.9 Å². The second-order valence-corrected chi connectivity index (χ2v) is 7.41. The van der Waals surface area contributed by atoms with Crippen molar-refractivity contribution in [3.63, 3.8) is 0 Å². The molecule has 0 radical (unpaired) electrons. The van der Waals surface area contributed by atoms with E-state index in [1.807, 2.05) is 25.1 Å². The Hall–Kier alpha value is -2.06. The van der Waals surface area contributed by atoms with E-state index in [1.54, 1.807) is 7.11 Å². The molecule has 24 heavy (non-hydrogen) atoms. The highest BCUT2D eigenvalue weighted by Gasteiger charge is 2.24. The van der Waals surface area contributed by atoms with E-state index in [9.17, 15) is 8.42 Å². The maximum atomic E-state index is 12.4. The van der Waals surface area contributed by atoms with E-state index in [4.69, 9.17) is 9.47 Å². The predicted molar refractivity (Wildman–Crippen MR) is 88.8 cm³/mol. The summed E-state index contributed by atoms with van der Waals surface area (Å²) >= 11 is 0. The summed E-state index contributed by atoms with van der Waals surface area (Å²) in [7, 11) is -1.96. The van der Waals surface area contributed by atoms with Crippen LogP contribution >= 0.6 is 0 Å². The molecule has 3 rings (SSSR count). The molecule has 0 bridgehead atoms. The molecule has 1 aromatic carbocycles. The number of aryl methyl sites for hydroxylation is 1. The number of hydrogen-bond donors (Lipinski definition) is 1. The number of nitrogens with one attached hydrogen (secondary N) is 1. The molecule has 0 saturated heterocycles. The minimum atomic E-state index is -3.57. The first-order valence-electron chi connectivity index (χ1n) is 7.84. The summed E-state index contributed by atoms with van der Waals surface area (Å²) in [5.41, 5.74) is 1.06. The van der Waals surface area contributed by atoms with Gasteiger partial charge in [0.1, 0.15) is 11.5 Å². The van der Waals surface area contributed by atoms with Crippen molar-refractivity contribution in [3.8, 4) is 11.5 Å². The smallest absolute Gasteiger partial charge is 0.257 e. The maximum absolute atomic E-state index is 12.4. The van der Waals surface area contributed by atoms with Gasteiger partial charge in [-0.2, -0.15) is 5.10 Å². The van der Waals surface area contributed by atoms with Gasteiger partial charge in [0.2, 0.25) is 0 Å². The van der Waals surface area contributed by atoms with Gasteiger partial charge in [-0.1, -0.05) is 6.07 Å². The van der Waals surface area contributed by atoms with E-state index in [2.05, 4.69) is 9.82 Å². The lowest BCUT2D eigenvalue weighted by atomic mass is 9.97. The van der Waals surface area contributed by atoms with Crippen molar-refractivity contribution < 1.29 is 17.9 Å². The number of nitrogens with zero attached hydrogens (tertiary/aromatic N) is 2. The van der Waals surface area contributed by atoms with Crippen LogP contribution < -0.4 is 14.2 Å². The zero-order chi connectivity index (χ0) is 17.2. The van der Waals surface area contributed by atoms with E-state index >= 15 is 0 Å². The molecule has 0 aliphatic carbocycles. The van der Waals surface area contributed by atoms with Crippen LogP contribution in [-0.2, 0) is 23.0 Å².